The molecule has 6 nitrogen and oxygen atoms in total. The number of nitrogens with one attached hydrogen (secondary N) is 2. The van der Waals surface area contributed by atoms with Gasteiger partial charge in [0.2, 0.25) is 10.0 Å². The van der Waals surface area contributed by atoms with Crippen LogP contribution in [0.1, 0.15) is 19.8 Å². The first-order valence-electron chi connectivity index (χ1n) is 6.45. The summed E-state index contributed by atoms with van der Waals surface area (Å²) in [6.07, 6.45) is 3.12. The summed E-state index contributed by atoms with van der Waals surface area (Å²) in [6.45, 7) is 5.08. The van der Waals surface area contributed by atoms with Gasteiger partial charge in [-0.1, -0.05) is 0 Å². The summed E-state index contributed by atoms with van der Waals surface area (Å²) in [4.78, 5) is 4.34. The normalized spacial score (nSPS) is 25.4. The largest absolute Gasteiger partial charge is 0.356 e. The van der Waals surface area contributed by atoms with Crippen LogP contribution in [0.15, 0.2) is 4.99 Å². The lowest BCUT2D eigenvalue weighted by molar-refractivity contribution is 0.275. The SMILES string of the molecule is CC1CN=C(NCC2CCN(S(C)(=O)=O)CC2)N1.I. The Morgan fingerprint density at radius 3 is 2.53 bits per heavy atom. The van der Waals surface area contributed by atoms with Crippen molar-refractivity contribution in [3.8, 4) is 0 Å². The lowest BCUT2D eigenvalue weighted by atomic mass is 9.98. The van der Waals surface area contributed by atoms with E-state index in [0.717, 1.165) is 31.9 Å². The maximum atomic E-state index is 11.4. The third kappa shape index (κ3) is 5.07. The van der Waals surface area contributed by atoms with Crippen LogP contribution in [0.3, 0.4) is 0 Å². The van der Waals surface area contributed by atoms with E-state index < -0.39 is 10.0 Å². The lowest BCUT2D eigenvalue weighted by Crippen LogP contribution is -2.43. The molecule has 0 bridgehead atoms. The van der Waals surface area contributed by atoms with E-state index in [2.05, 4.69) is 22.5 Å². The highest BCUT2D eigenvalue weighted by Gasteiger charge is 2.25. The van der Waals surface area contributed by atoms with Gasteiger partial charge in [-0.3, -0.25) is 4.99 Å². The Kier molecular flexibility index (Phi) is 6.31. The van der Waals surface area contributed by atoms with Gasteiger partial charge >= 0.3 is 0 Å². The highest BCUT2D eigenvalue weighted by molar-refractivity contribution is 14.0. The molecule has 2 N–H and O–H groups in total. The number of hydrogen-bond acceptors (Lipinski definition) is 5. The van der Waals surface area contributed by atoms with E-state index in [1.54, 1.807) is 4.31 Å². The molecular formula is C11H23IN4O2S. The van der Waals surface area contributed by atoms with Crippen LogP contribution < -0.4 is 10.6 Å². The highest BCUT2D eigenvalue weighted by atomic mass is 127. The minimum absolute atomic E-state index is 0. The van der Waals surface area contributed by atoms with Crippen LogP contribution in [0.5, 0.6) is 0 Å². The van der Waals surface area contributed by atoms with Gasteiger partial charge in [-0.2, -0.15) is 0 Å². The standard InChI is InChI=1S/C11H22N4O2S.HI/c1-9-7-12-11(14-9)13-8-10-3-5-15(6-4-10)18(2,16)17;/h9-10H,3-8H2,1-2H3,(H2,12,13,14);1H. The van der Waals surface area contributed by atoms with Crippen LogP contribution in [0, 0.1) is 5.92 Å². The third-order valence-electron chi connectivity index (χ3n) is 3.51. The van der Waals surface area contributed by atoms with Crippen LogP contribution in [0.2, 0.25) is 0 Å². The zero-order valence-corrected chi connectivity index (χ0v) is 14.6. The summed E-state index contributed by atoms with van der Waals surface area (Å²) in [5.41, 5.74) is 0. The Hall–Kier alpha value is -0.0900. The quantitative estimate of drug-likeness (QED) is 0.663. The molecule has 1 unspecified atom stereocenters. The van der Waals surface area contributed by atoms with Crippen molar-refractivity contribution >= 4 is 40.0 Å². The predicted molar refractivity (Wildman–Crippen MR) is 87.5 cm³/mol. The minimum Gasteiger partial charge on any atom is -0.356 e. The molecule has 0 spiro atoms. The topological polar surface area (TPSA) is 73.8 Å². The van der Waals surface area contributed by atoms with Crippen LogP contribution in [-0.2, 0) is 10.0 Å². The molecule has 0 amide bonds. The first-order chi connectivity index (χ1) is 8.45. The van der Waals surface area contributed by atoms with E-state index in [4.69, 9.17) is 0 Å². The fourth-order valence-electron chi connectivity index (χ4n) is 2.35. The second-order valence-corrected chi connectivity index (χ2v) is 7.20. The number of hydrogen-bond donors (Lipinski definition) is 2. The zero-order chi connectivity index (χ0) is 13.2. The Morgan fingerprint density at radius 1 is 1.42 bits per heavy atom. The molecule has 2 aliphatic heterocycles. The van der Waals surface area contributed by atoms with Crippen molar-refractivity contribution in [2.45, 2.75) is 25.8 Å². The van der Waals surface area contributed by atoms with Crippen LogP contribution in [0.4, 0.5) is 0 Å². The lowest BCUT2D eigenvalue weighted by Gasteiger charge is -2.30. The maximum Gasteiger partial charge on any atom is 0.211 e. The maximum absolute atomic E-state index is 11.4. The summed E-state index contributed by atoms with van der Waals surface area (Å²) >= 11 is 0. The number of guanidine groups is 1. The number of piperidine rings is 1. The Labute approximate surface area is 132 Å². The molecule has 112 valence electrons. The number of aliphatic imine (C=N–C) groups is 1. The summed E-state index contributed by atoms with van der Waals surface area (Å²) in [5, 5.41) is 6.57. The monoisotopic (exact) mass is 402 g/mol. The first kappa shape index (κ1) is 17.0. The summed E-state index contributed by atoms with van der Waals surface area (Å²) < 4.78 is 24.3. The molecule has 2 rings (SSSR count). The summed E-state index contributed by atoms with van der Waals surface area (Å²) in [6, 6.07) is 0.416. The zero-order valence-electron chi connectivity index (χ0n) is 11.4. The number of sulfonamides is 1. The molecule has 2 heterocycles. The molecule has 8 heteroatoms. The highest BCUT2D eigenvalue weighted by Crippen LogP contribution is 2.18. The van der Waals surface area contributed by atoms with E-state index in [9.17, 15) is 8.42 Å². The third-order valence-corrected chi connectivity index (χ3v) is 4.81. The van der Waals surface area contributed by atoms with Crippen molar-refractivity contribution < 1.29 is 8.42 Å². The van der Waals surface area contributed by atoms with Crippen LogP contribution >= 0.6 is 24.0 Å². The molecule has 1 saturated heterocycles. The molecule has 2 aliphatic rings. The van der Waals surface area contributed by atoms with E-state index in [1.807, 2.05) is 0 Å². The molecular weight excluding hydrogens is 379 g/mol. The van der Waals surface area contributed by atoms with Gasteiger partial charge < -0.3 is 10.6 Å². The van der Waals surface area contributed by atoms with E-state index in [1.165, 1.54) is 6.26 Å². The minimum atomic E-state index is -3.01. The molecule has 1 fully saturated rings. The van der Waals surface area contributed by atoms with E-state index in [0.29, 0.717) is 25.0 Å². The molecule has 0 aromatic rings. The van der Waals surface area contributed by atoms with Gasteiger partial charge in [0.15, 0.2) is 5.96 Å². The van der Waals surface area contributed by atoms with Gasteiger partial charge in [-0.25, -0.2) is 12.7 Å². The molecule has 0 aliphatic carbocycles. The van der Waals surface area contributed by atoms with Gasteiger partial charge in [-0.15, -0.1) is 24.0 Å². The predicted octanol–water partition coefficient (Wildman–Crippen LogP) is 0.213. The fourth-order valence-corrected chi connectivity index (χ4v) is 3.22. The van der Waals surface area contributed by atoms with Crippen molar-refractivity contribution in [1.82, 2.24) is 14.9 Å². The Balaban J connectivity index is 0.00000180. The second-order valence-electron chi connectivity index (χ2n) is 5.22. The van der Waals surface area contributed by atoms with Crippen molar-refractivity contribution in [3.63, 3.8) is 0 Å². The molecule has 0 aromatic heterocycles. The summed E-state index contributed by atoms with van der Waals surface area (Å²) in [5.74, 6) is 1.41. The average molecular weight is 402 g/mol. The van der Waals surface area contributed by atoms with Crippen molar-refractivity contribution in [1.29, 1.82) is 0 Å². The van der Waals surface area contributed by atoms with Crippen LogP contribution in [0.25, 0.3) is 0 Å². The first-order valence-corrected chi connectivity index (χ1v) is 8.30. The second kappa shape index (κ2) is 7.07. The van der Waals surface area contributed by atoms with Gasteiger partial charge in [0.05, 0.1) is 12.8 Å². The number of rotatable bonds is 3. The molecule has 0 aromatic carbocycles. The summed E-state index contributed by atoms with van der Waals surface area (Å²) in [7, 11) is -3.01. The average Bonchev–Trinajstić information content (AvgIpc) is 2.72. The molecule has 19 heavy (non-hydrogen) atoms. The van der Waals surface area contributed by atoms with Crippen molar-refractivity contribution in [3.05, 3.63) is 0 Å². The van der Waals surface area contributed by atoms with E-state index >= 15 is 0 Å². The number of nitrogens with zero attached hydrogens (tertiary/aromatic N) is 2. The van der Waals surface area contributed by atoms with Gasteiger partial charge in [0, 0.05) is 25.7 Å². The van der Waals surface area contributed by atoms with Crippen LogP contribution in [-0.4, -0.2) is 57.2 Å². The van der Waals surface area contributed by atoms with Crippen molar-refractivity contribution in [2.75, 3.05) is 32.4 Å². The molecule has 0 saturated carbocycles. The van der Waals surface area contributed by atoms with E-state index in [-0.39, 0.29) is 24.0 Å². The van der Waals surface area contributed by atoms with Crippen molar-refractivity contribution in [2.24, 2.45) is 10.9 Å². The van der Waals surface area contributed by atoms with Gasteiger partial charge in [0.25, 0.3) is 0 Å². The fraction of sp³-hybridized carbons (Fsp3) is 0.909. The Morgan fingerprint density at radius 2 is 2.05 bits per heavy atom. The smallest absolute Gasteiger partial charge is 0.211 e. The van der Waals surface area contributed by atoms with Gasteiger partial charge in [0.1, 0.15) is 0 Å². The number of halogens is 1. The molecule has 0 radical (unpaired) electrons. The molecule has 1 atom stereocenters. The Bertz CT molecular complexity index is 418. The van der Waals surface area contributed by atoms with Gasteiger partial charge in [-0.05, 0) is 25.7 Å².